The Balaban J connectivity index is 1.81. The van der Waals surface area contributed by atoms with Gasteiger partial charge in [-0.15, -0.1) is 13.2 Å². The van der Waals surface area contributed by atoms with Gasteiger partial charge in [-0.25, -0.2) is 4.39 Å². The minimum atomic E-state index is -5.21. The molecule has 220 valence electrons. The van der Waals surface area contributed by atoms with Gasteiger partial charge in [-0.1, -0.05) is 12.1 Å². The molecule has 40 heavy (non-hydrogen) atoms. The fourth-order valence-corrected chi connectivity index (χ4v) is 4.36. The molecule has 2 heterocycles. The van der Waals surface area contributed by atoms with Crippen molar-refractivity contribution in [1.82, 2.24) is 15.5 Å². The summed E-state index contributed by atoms with van der Waals surface area (Å²) in [7, 11) is 0. The van der Waals surface area contributed by atoms with E-state index in [1.54, 1.807) is 0 Å². The van der Waals surface area contributed by atoms with Crippen molar-refractivity contribution in [2.75, 3.05) is 25.0 Å². The van der Waals surface area contributed by atoms with Crippen molar-refractivity contribution in [1.29, 1.82) is 0 Å². The van der Waals surface area contributed by atoms with Gasteiger partial charge in [0, 0.05) is 19.0 Å². The first-order valence-corrected chi connectivity index (χ1v) is 11.8. The number of rotatable bonds is 8. The lowest BCUT2D eigenvalue weighted by Crippen LogP contribution is -2.53. The standard InChI is InChI=1S/C23H23F7N4O6/c24-13-3-1-2-4-14(13)32-20(38)21(39)34-9-12(22(25,26)27)8-16(34)19(37)33-15(7-11-5-6-31-18(11)36)17(35)10-40-23(28,29)30/h1-4,11-12,15-16H,5-10H2,(H,31,36)(H,32,38)(H,33,37)/t11-,12+,15-,16-/m0/s1. The summed E-state index contributed by atoms with van der Waals surface area (Å²) in [5.74, 6) is -10.6. The number of para-hydroxylation sites is 1. The Labute approximate surface area is 221 Å². The normalized spacial score (nSPS) is 22.0. The van der Waals surface area contributed by atoms with Crippen LogP contribution in [0.2, 0.25) is 0 Å². The van der Waals surface area contributed by atoms with Crippen LogP contribution in [-0.4, -0.2) is 78.6 Å². The fraction of sp³-hybridized carbons (Fsp3) is 0.522. The number of amides is 4. The summed E-state index contributed by atoms with van der Waals surface area (Å²) >= 11 is 0. The van der Waals surface area contributed by atoms with Crippen LogP contribution in [0.3, 0.4) is 0 Å². The number of alkyl halides is 6. The number of anilines is 1. The van der Waals surface area contributed by atoms with Crippen molar-refractivity contribution in [2.24, 2.45) is 11.8 Å². The third-order valence-corrected chi connectivity index (χ3v) is 6.41. The second-order valence-electron chi connectivity index (χ2n) is 9.16. The van der Waals surface area contributed by atoms with Crippen molar-refractivity contribution in [2.45, 2.75) is 43.9 Å². The van der Waals surface area contributed by atoms with Gasteiger partial charge in [0.05, 0.1) is 17.6 Å². The van der Waals surface area contributed by atoms with Gasteiger partial charge in [-0.2, -0.15) is 13.2 Å². The number of hydrogen-bond acceptors (Lipinski definition) is 6. The molecule has 0 saturated carbocycles. The zero-order valence-corrected chi connectivity index (χ0v) is 20.4. The average molecular weight is 584 g/mol. The number of Topliss-reactive ketones (excluding diaryl/α,β-unsaturated/α-hetero) is 1. The highest BCUT2D eigenvalue weighted by Crippen LogP contribution is 2.37. The number of hydrogen-bond donors (Lipinski definition) is 3. The smallest absolute Gasteiger partial charge is 0.356 e. The van der Waals surface area contributed by atoms with Crippen molar-refractivity contribution in [3.8, 4) is 0 Å². The number of likely N-dealkylation sites (tertiary alicyclic amines) is 1. The first kappa shape index (κ1) is 30.8. The first-order valence-electron chi connectivity index (χ1n) is 11.8. The molecule has 4 amide bonds. The Bertz CT molecular complexity index is 1160. The zero-order valence-electron chi connectivity index (χ0n) is 20.4. The number of ether oxygens (including phenoxy) is 1. The molecule has 0 unspecified atom stereocenters. The molecule has 17 heteroatoms. The van der Waals surface area contributed by atoms with Gasteiger partial charge in [0.2, 0.25) is 11.8 Å². The van der Waals surface area contributed by atoms with Crippen LogP contribution < -0.4 is 16.0 Å². The Morgan fingerprint density at radius 2 is 1.77 bits per heavy atom. The van der Waals surface area contributed by atoms with E-state index < -0.39 is 103 Å². The van der Waals surface area contributed by atoms with Crippen molar-refractivity contribution in [3.63, 3.8) is 0 Å². The lowest BCUT2D eigenvalue weighted by atomic mass is 9.95. The molecular formula is C23H23F7N4O6. The molecule has 10 nitrogen and oxygen atoms in total. The number of nitrogens with zero attached hydrogens (tertiary/aromatic N) is 1. The molecule has 2 saturated heterocycles. The van der Waals surface area contributed by atoms with Crippen LogP contribution in [-0.2, 0) is 28.7 Å². The summed E-state index contributed by atoms with van der Waals surface area (Å²) in [5.41, 5.74) is -0.460. The molecule has 0 aromatic heterocycles. The molecule has 4 atom stereocenters. The second kappa shape index (κ2) is 12.2. The fourth-order valence-electron chi connectivity index (χ4n) is 4.36. The van der Waals surface area contributed by atoms with Crippen molar-refractivity contribution < 1.29 is 59.4 Å². The lowest BCUT2D eigenvalue weighted by molar-refractivity contribution is -0.321. The molecule has 0 spiro atoms. The Kier molecular flexibility index (Phi) is 9.37. The molecule has 2 fully saturated rings. The van der Waals surface area contributed by atoms with Gasteiger partial charge in [0.15, 0.2) is 5.78 Å². The predicted molar refractivity (Wildman–Crippen MR) is 119 cm³/mol. The van der Waals surface area contributed by atoms with E-state index in [0.29, 0.717) is 4.90 Å². The third kappa shape index (κ3) is 7.89. The number of carbonyl (C=O) groups excluding carboxylic acids is 5. The highest BCUT2D eigenvalue weighted by molar-refractivity contribution is 6.40. The highest BCUT2D eigenvalue weighted by atomic mass is 19.4. The van der Waals surface area contributed by atoms with Gasteiger partial charge < -0.3 is 20.9 Å². The SMILES string of the molecule is O=C(Nc1ccccc1F)C(=O)N1C[C@H](C(F)(F)F)C[C@H]1C(=O)N[C@@H](C[C@@H]1CCNC1=O)C(=O)COC(F)(F)F. The van der Waals surface area contributed by atoms with Crippen molar-refractivity contribution in [3.05, 3.63) is 30.1 Å². The monoisotopic (exact) mass is 584 g/mol. The molecule has 1 aromatic rings. The van der Waals surface area contributed by atoms with E-state index >= 15 is 0 Å². The highest BCUT2D eigenvalue weighted by Gasteiger charge is 2.52. The van der Waals surface area contributed by atoms with E-state index in [1.807, 2.05) is 10.6 Å². The Morgan fingerprint density at radius 1 is 1.10 bits per heavy atom. The summed E-state index contributed by atoms with van der Waals surface area (Å²) in [5, 5.41) is 6.37. The third-order valence-electron chi connectivity index (χ3n) is 6.41. The molecule has 1 aromatic carbocycles. The summed E-state index contributed by atoms with van der Waals surface area (Å²) in [6.07, 6.45) is -11.5. The maximum atomic E-state index is 13.9. The summed E-state index contributed by atoms with van der Waals surface area (Å²) < 4.78 is 95.3. The van der Waals surface area contributed by atoms with E-state index in [1.165, 1.54) is 12.1 Å². The minimum absolute atomic E-state index is 0.166. The Morgan fingerprint density at radius 3 is 2.35 bits per heavy atom. The van der Waals surface area contributed by atoms with E-state index in [0.717, 1.165) is 12.1 Å². The molecule has 0 bridgehead atoms. The van der Waals surface area contributed by atoms with Gasteiger partial charge in [0.1, 0.15) is 18.5 Å². The summed E-state index contributed by atoms with van der Waals surface area (Å²) in [6.45, 7) is -2.51. The van der Waals surface area contributed by atoms with E-state index in [9.17, 15) is 54.7 Å². The lowest BCUT2D eigenvalue weighted by Gasteiger charge is -2.26. The topological polar surface area (TPSA) is 134 Å². The van der Waals surface area contributed by atoms with E-state index in [-0.39, 0.29) is 13.0 Å². The maximum absolute atomic E-state index is 13.9. The van der Waals surface area contributed by atoms with Crippen LogP contribution in [0.1, 0.15) is 19.3 Å². The zero-order chi connectivity index (χ0) is 29.8. The number of ketones is 1. The maximum Gasteiger partial charge on any atom is 0.522 e. The summed E-state index contributed by atoms with van der Waals surface area (Å²) in [4.78, 5) is 63.0. The van der Waals surface area contributed by atoms with Gasteiger partial charge in [-0.05, 0) is 31.4 Å². The van der Waals surface area contributed by atoms with Crippen molar-refractivity contribution >= 4 is 35.1 Å². The second-order valence-corrected chi connectivity index (χ2v) is 9.16. The molecule has 2 aliphatic rings. The molecule has 0 radical (unpaired) electrons. The van der Waals surface area contributed by atoms with E-state index in [4.69, 9.17) is 0 Å². The van der Waals surface area contributed by atoms with Crippen LogP contribution in [0.15, 0.2) is 24.3 Å². The average Bonchev–Trinajstić information content (AvgIpc) is 3.49. The summed E-state index contributed by atoms with van der Waals surface area (Å²) in [6, 6.07) is 0.828. The molecule has 0 aliphatic carbocycles. The number of benzene rings is 1. The Hall–Kier alpha value is -3.76. The number of nitrogens with one attached hydrogen (secondary N) is 3. The van der Waals surface area contributed by atoms with Crippen LogP contribution in [0, 0.1) is 17.7 Å². The minimum Gasteiger partial charge on any atom is -0.356 e. The van der Waals surface area contributed by atoms with E-state index in [2.05, 4.69) is 10.1 Å². The van der Waals surface area contributed by atoms with Crippen LogP contribution in [0.5, 0.6) is 0 Å². The van der Waals surface area contributed by atoms with Crippen LogP contribution in [0.4, 0.5) is 36.4 Å². The van der Waals surface area contributed by atoms with Gasteiger partial charge in [0.25, 0.3) is 0 Å². The van der Waals surface area contributed by atoms with Crippen LogP contribution >= 0.6 is 0 Å². The number of halogens is 7. The number of carbonyl (C=O) groups is 5. The van der Waals surface area contributed by atoms with Crippen LogP contribution in [0.25, 0.3) is 0 Å². The quantitative estimate of drug-likeness (QED) is 0.315. The predicted octanol–water partition coefficient (Wildman–Crippen LogP) is 1.66. The first-order chi connectivity index (χ1) is 18.6. The van der Waals surface area contributed by atoms with Gasteiger partial charge in [-0.3, -0.25) is 28.7 Å². The molecular weight excluding hydrogens is 561 g/mol. The molecule has 3 rings (SSSR count). The molecule has 2 aliphatic heterocycles. The largest absolute Gasteiger partial charge is 0.522 e. The van der Waals surface area contributed by atoms with Gasteiger partial charge >= 0.3 is 24.4 Å². The molecule has 3 N–H and O–H groups in total.